The van der Waals surface area contributed by atoms with Gasteiger partial charge in [0.15, 0.2) is 0 Å². The molecule has 1 N–H and O–H groups in total. The summed E-state index contributed by atoms with van der Waals surface area (Å²) in [6, 6.07) is 8.54. The fourth-order valence-corrected chi connectivity index (χ4v) is 4.18. The highest BCUT2D eigenvalue weighted by atomic mass is 17.0. The number of nitrogens with one attached hydrogen (secondary N) is 1. The molecule has 1 aliphatic carbocycles. The van der Waals surface area contributed by atoms with E-state index < -0.39 is 29.5 Å². The van der Waals surface area contributed by atoms with E-state index in [1.807, 2.05) is 30.3 Å². The lowest BCUT2D eigenvalue weighted by Crippen LogP contribution is -2.46. The van der Waals surface area contributed by atoms with E-state index in [1.165, 1.54) is 19.1 Å². The molecule has 204 valence electrons. The van der Waals surface area contributed by atoms with Crippen LogP contribution in [0.15, 0.2) is 42.5 Å². The molecule has 11 heteroatoms. The van der Waals surface area contributed by atoms with E-state index in [0.29, 0.717) is 18.3 Å². The number of hydrogen-bond acceptors (Lipinski definition) is 9. The lowest BCUT2D eigenvalue weighted by molar-refractivity contribution is -0.777. The predicted octanol–water partition coefficient (Wildman–Crippen LogP) is 3.98. The molecule has 11 nitrogen and oxygen atoms in total. The van der Waals surface area contributed by atoms with Crippen molar-refractivity contribution in [3.63, 3.8) is 0 Å². The van der Waals surface area contributed by atoms with Crippen LogP contribution in [0.2, 0.25) is 0 Å². The summed E-state index contributed by atoms with van der Waals surface area (Å²) in [5.41, 5.74) is 0.894. The molecular formula is C26H36N2O9. The molecule has 0 aromatic heterocycles. The number of amides is 1. The first kappa shape index (κ1) is 29.6. The molecule has 1 fully saturated rings. The molecule has 1 saturated carbocycles. The highest BCUT2D eigenvalue weighted by molar-refractivity contribution is 5.86. The summed E-state index contributed by atoms with van der Waals surface area (Å²) < 4.78 is 14.6. The van der Waals surface area contributed by atoms with Crippen molar-refractivity contribution < 1.29 is 38.5 Å². The SMILES string of the molecule is CC(OC(=O)OC/C=C\COC(=O)[C@@H](Cc1ccccc1)NC(=O)[C@H]1CC[C@H](C(C)C)CC1)O[N+](=O)[O-]. The van der Waals surface area contributed by atoms with Gasteiger partial charge in [0.05, 0.1) is 0 Å². The van der Waals surface area contributed by atoms with Crippen LogP contribution in [0.25, 0.3) is 0 Å². The second-order valence-electron chi connectivity index (χ2n) is 9.28. The number of esters is 1. The number of hydrogen-bond donors (Lipinski definition) is 1. The zero-order valence-electron chi connectivity index (χ0n) is 21.5. The van der Waals surface area contributed by atoms with Crippen LogP contribution in [0, 0.1) is 27.9 Å². The van der Waals surface area contributed by atoms with Crippen molar-refractivity contribution in [2.45, 2.75) is 65.2 Å². The fourth-order valence-electron chi connectivity index (χ4n) is 4.18. The Balaban J connectivity index is 1.83. The van der Waals surface area contributed by atoms with Gasteiger partial charge in [-0.3, -0.25) is 9.63 Å². The van der Waals surface area contributed by atoms with Gasteiger partial charge in [-0.15, -0.1) is 10.1 Å². The highest BCUT2D eigenvalue weighted by Gasteiger charge is 2.31. The Morgan fingerprint density at radius 3 is 2.24 bits per heavy atom. The van der Waals surface area contributed by atoms with Gasteiger partial charge in [-0.25, -0.2) is 9.59 Å². The fraction of sp³-hybridized carbons (Fsp3) is 0.577. The van der Waals surface area contributed by atoms with E-state index in [1.54, 1.807) is 0 Å². The molecule has 1 aliphatic rings. The molecule has 37 heavy (non-hydrogen) atoms. The van der Waals surface area contributed by atoms with E-state index in [-0.39, 0.29) is 25.0 Å². The molecule has 0 bridgehead atoms. The Morgan fingerprint density at radius 1 is 1.03 bits per heavy atom. The number of rotatable bonds is 13. The molecule has 0 aliphatic heterocycles. The molecular weight excluding hydrogens is 484 g/mol. The van der Waals surface area contributed by atoms with E-state index >= 15 is 0 Å². The molecule has 1 aromatic rings. The molecule has 1 aromatic carbocycles. The number of carbonyl (C=O) groups excluding carboxylic acids is 3. The first-order chi connectivity index (χ1) is 17.7. The summed E-state index contributed by atoms with van der Waals surface area (Å²) in [6.07, 6.45) is 4.27. The quantitative estimate of drug-likeness (QED) is 0.134. The molecule has 0 saturated heterocycles. The lowest BCUT2D eigenvalue weighted by Gasteiger charge is -2.31. The van der Waals surface area contributed by atoms with Gasteiger partial charge >= 0.3 is 12.1 Å². The minimum Gasteiger partial charge on any atom is -0.460 e. The Morgan fingerprint density at radius 2 is 1.65 bits per heavy atom. The van der Waals surface area contributed by atoms with Crippen molar-refractivity contribution in [3.05, 3.63) is 58.2 Å². The van der Waals surface area contributed by atoms with Crippen LogP contribution in [-0.2, 0) is 35.1 Å². The molecule has 0 heterocycles. The molecule has 0 radical (unpaired) electrons. The monoisotopic (exact) mass is 520 g/mol. The number of ether oxygens (including phenoxy) is 3. The Labute approximate surface area is 216 Å². The maximum atomic E-state index is 13.0. The summed E-state index contributed by atoms with van der Waals surface area (Å²) in [5, 5.41) is 12.0. The Hall–Kier alpha value is -3.63. The smallest absolute Gasteiger partial charge is 0.460 e. The first-order valence-corrected chi connectivity index (χ1v) is 12.5. The average Bonchev–Trinajstić information content (AvgIpc) is 2.85. The zero-order valence-corrected chi connectivity index (χ0v) is 21.5. The minimum absolute atomic E-state index is 0.0985. The van der Waals surface area contributed by atoms with Crippen LogP contribution < -0.4 is 5.32 Å². The van der Waals surface area contributed by atoms with E-state index in [9.17, 15) is 24.5 Å². The summed E-state index contributed by atoms with van der Waals surface area (Å²) in [7, 11) is 0. The van der Waals surface area contributed by atoms with Gasteiger partial charge in [-0.05, 0) is 62.2 Å². The first-order valence-electron chi connectivity index (χ1n) is 12.5. The van der Waals surface area contributed by atoms with E-state index in [2.05, 4.69) is 28.7 Å². The molecule has 2 atom stereocenters. The second-order valence-corrected chi connectivity index (χ2v) is 9.28. The van der Waals surface area contributed by atoms with E-state index in [0.717, 1.165) is 31.2 Å². The van der Waals surface area contributed by atoms with Crippen LogP contribution in [0.1, 0.15) is 52.0 Å². The maximum Gasteiger partial charge on any atom is 0.510 e. The van der Waals surface area contributed by atoms with Gasteiger partial charge in [0.2, 0.25) is 12.2 Å². The third-order valence-electron chi connectivity index (χ3n) is 6.25. The zero-order chi connectivity index (χ0) is 27.2. The number of benzene rings is 1. The normalized spacial score (nSPS) is 19.0. The topological polar surface area (TPSA) is 143 Å². The van der Waals surface area contributed by atoms with Crippen molar-refractivity contribution in [2.24, 2.45) is 17.8 Å². The van der Waals surface area contributed by atoms with Crippen molar-refractivity contribution >= 4 is 18.0 Å². The number of carbonyl (C=O) groups is 3. The predicted molar refractivity (Wildman–Crippen MR) is 132 cm³/mol. The van der Waals surface area contributed by atoms with Crippen LogP contribution in [0.4, 0.5) is 4.79 Å². The lowest BCUT2D eigenvalue weighted by atomic mass is 9.76. The van der Waals surface area contributed by atoms with Gasteiger partial charge in [0.1, 0.15) is 19.3 Å². The average molecular weight is 521 g/mol. The largest absolute Gasteiger partial charge is 0.510 e. The highest BCUT2D eigenvalue weighted by Crippen LogP contribution is 2.33. The Bertz CT molecular complexity index is 912. The molecule has 1 amide bonds. The van der Waals surface area contributed by atoms with E-state index in [4.69, 9.17) is 9.47 Å². The minimum atomic E-state index is -1.41. The van der Waals surface area contributed by atoms with Crippen LogP contribution >= 0.6 is 0 Å². The second kappa shape index (κ2) is 15.5. The summed E-state index contributed by atoms with van der Waals surface area (Å²) in [6.45, 7) is 5.28. The van der Waals surface area contributed by atoms with Gasteiger partial charge in [-0.1, -0.05) is 44.2 Å². The molecule has 2 rings (SSSR count). The van der Waals surface area contributed by atoms with Gasteiger partial charge in [0.25, 0.3) is 5.09 Å². The standard InChI is InChI=1S/C26H36N2O9/c1-18(2)21-11-13-22(14-12-21)24(29)27-23(17-20-9-5-4-6-10-20)25(30)34-15-7-8-16-35-26(31)36-19(3)37-28(32)33/h4-10,18-19,21-23H,11-17H2,1-3H3,(H,27,29)/b8-7-/t19?,21-,22-,23-/m1/s1. The third kappa shape index (κ3) is 11.3. The third-order valence-corrected chi connectivity index (χ3v) is 6.25. The van der Waals surface area contributed by atoms with Crippen LogP contribution in [0.3, 0.4) is 0 Å². The Kier molecular flexibility index (Phi) is 12.4. The van der Waals surface area contributed by atoms with Gasteiger partial charge < -0.3 is 19.5 Å². The number of nitrogens with zero attached hydrogens (tertiary/aromatic N) is 1. The summed E-state index contributed by atoms with van der Waals surface area (Å²) >= 11 is 0. The molecule has 1 unspecified atom stereocenters. The molecule has 0 spiro atoms. The maximum absolute atomic E-state index is 13.0. The van der Waals surface area contributed by atoms with Crippen molar-refractivity contribution in [1.29, 1.82) is 0 Å². The van der Waals surface area contributed by atoms with Crippen LogP contribution in [0.5, 0.6) is 0 Å². The van der Waals surface area contributed by atoms with Crippen molar-refractivity contribution in [1.82, 2.24) is 5.32 Å². The summed E-state index contributed by atoms with van der Waals surface area (Å²) in [4.78, 5) is 51.4. The van der Waals surface area contributed by atoms with Gasteiger partial charge in [0, 0.05) is 12.3 Å². The van der Waals surface area contributed by atoms with Crippen LogP contribution in [-0.4, -0.2) is 48.7 Å². The van der Waals surface area contributed by atoms with Gasteiger partial charge in [-0.2, -0.15) is 0 Å². The summed E-state index contributed by atoms with van der Waals surface area (Å²) in [5.74, 6) is 0.419. The van der Waals surface area contributed by atoms with Crippen molar-refractivity contribution in [3.8, 4) is 0 Å². The van der Waals surface area contributed by atoms with Crippen molar-refractivity contribution in [2.75, 3.05) is 13.2 Å².